The fourth-order valence-corrected chi connectivity index (χ4v) is 4.31. The van der Waals surface area contributed by atoms with Gasteiger partial charge >= 0.3 is 0 Å². The van der Waals surface area contributed by atoms with Crippen LogP contribution in [0.1, 0.15) is 34.8 Å². The molecular weight excluding hydrogens is 418 g/mol. The maximum atomic E-state index is 14.7. The van der Waals surface area contributed by atoms with E-state index in [1.54, 1.807) is 6.07 Å². The number of amides is 1. The topological polar surface area (TPSA) is 88.3 Å². The van der Waals surface area contributed by atoms with E-state index in [0.717, 1.165) is 25.6 Å². The molecule has 0 bridgehead atoms. The van der Waals surface area contributed by atoms with Crippen LogP contribution in [-0.2, 0) is 4.74 Å². The van der Waals surface area contributed by atoms with Crippen molar-refractivity contribution >= 4 is 17.3 Å². The molecule has 2 aromatic heterocycles. The summed E-state index contributed by atoms with van der Waals surface area (Å²) in [5, 5.41) is 6.05. The van der Waals surface area contributed by atoms with Crippen molar-refractivity contribution in [2.75, 3.05) is 25.6 Å². The van der Waals surface area contributed by atoms with Crippen LogP contribution >= 0.6 is 0 Å². The van der Waals surface area contributed by atoms with Gasteiger partial charge in [0, 0.05) is 36.5 Å². The third kappa shape index (κ3) is 3.48. The van der Waals surface area contributed by atoms with Crippen molar-refractivity contribution < 1.29 is 23.0 Å². The van der Waals surface area contributed by atoms with Crippen LogP contribution in [0.25, 0.3) is 11.3 Å². The lowest BCUT2D eigenvalue weighted by Crippen LogP contribution is -2.38. The largest absolute Gasteiger partial charge is 0.492 e. The lowest BCUT2D eigenvalue weighted by molar-refractivity contribution is -0.0582. The lowest BCUT2D eigenvalue weighted by atomic mass is 9.89. The molecule has 5 rings (SSSR count). The number of hydrogen-bond acceptors (Lipinski definition) is 5. The van der Waals surface area contributed by atoms with E-state index < -0.39 is 11.6 Å². The second-order valence-corrected chi connectivity index (χ2v) is 7.89. The zero-order valence-corrected chi connectivity index (χ0v) is 17.4. The number of halogens is 2. The normalized spacial score (nSPS) is 19.7. The first-order valence-corrected chi connectivity index (χ1v) is 10.4. The van der Waals surface area contributed by atoms with Crippen molar-refractivity contribution in [2.24, 2.45) is 0 Å². The number of pyridine rings is 1. The fourth-order valence-electron chi connectivity index (χ4n) is 4.31. The Labute approximate surface area is 183 Å². The first-order chi connectivity index (χ1) is 15.6. The number of ether oxygens (including phenoxy) is 2. The maximum absolute atomic E-state index is 14.7. The van der Waals surface area contributed by atoms with Gasteiger partial charge in [0.15, 0.2) is 17.4 Å². The lowest BCUT2D eigenvalue weighted by Gasteiger charge is -2.32. The van der Waals surface area contributed by atoms with Crippen LogP contribution in [0, 0.1) is 11.6 Å². The zero-order chi connectivity index (χ0) is 22.2. The molecule has 3 N–H and O–H groups in total. The summed E-state index contributed by atoms with van der Waals surface area (Å²) in [4.78, 5) is 20.1. The highest BCUT2D eigenvalue weighted by molar-refractivity contribution is 6.06. The molecule has 0 unspecified atom stereocenters. The molecular formula is C23H22F2N4O3. The van der Waals surface area contributed by atoms with Crippen LogP contribution in [0.4, 0.5) is 20.2 Å². The van der Waals surface area contributed by atoms with E-state index in [-0.39, 0.29) is 29.2 Å². The van der Waals surface area contributed by atoms with Gasteiger partial charge in [0.2, 0.25) is 0 Å². The highest BCUT2D eigenvalue weighted by Crippen LogP contribution is 2.43. The number of fused-ring (bicyclic) bond motifs is 1. The van der Waals surface area contributed by atoms with E-state index in [0.29, 0.717) is 34.9 Å². The molecule has 2 aliphatic heterocycles. The first kappa shape index (κ1) is 20.4. The summed E-state index contributed by atoms with van der Waals surface area (Å²) in [6.45, 7) is 1.19. The average molecular weight is 440 g/mol. The molecule has 32 heavy (non-hydrogen) atoms. The molecule has 1 fully saturated rings. The molecule has 7 nitrogen and oxygen atoms in total. The Bertz CT molecular complexity index is 1180. The zero-order valence-electron chi connectivity index (χ0n) is 17.4. The number of hydrogen-bond donors (Lipinski definition) is 3. The summed E-state index contributed by atoms with van der Waals surface area (Å²) in [5.41, 5.74) is 2.39. The van der Waals surface area contributed by atoms with Crippen LogP contribution in [0.5, 0.6) is 5.75 Å². The van der Waals surface area contributed by atoms with Gasteiger partial charge in [-0.15, -0.1) is 0 Å². The third-order valence-electron chi connectivity index (χ3n) is 5.99. The standard InChI is InChI=1S/C23H22F2N4O3/c1-31-22-15(24)3-2-4-17(22)28-21-18-19(29-20(21)14-5-7-26-11-16(14)25)12(10-27-23(18)30)9-13-6-8-32-13/h2-5,7,11-13,28-29H,6,8-10H2,1H3,(H,27,30)/t12-,13-/m1/s1. The minimum Gasteiger partial charge on any atom is -0.492 e. The monoisotopic (exact) mass is 440 g/mol. The number of methoxy groups -OCH3 is 1. The van der Waals surface area contributed by atoms with Crippen molar-refractivity contribution in [1.82, 2.24) is 15.3 Å². The Kier molecular flexibility index (Phi) is 5.26. The number of benzene rings is 1. The summed E-state index contributed by atoms with van der Waals surface area (Å²) in [5.74, 6) is -1.41. The molecule has 166 valence electrons. The van der Waals surface area contributed by atoms with Gasteiger partial charge in [-0.25, -0.2) is 8.78 Å². The number of para-hydroxylation sites is 1. The number of carbonyl (C=O) groups excluding carboxylic acids is 1. The van der Waals surface area contributed by atoms with E-state index in [1.807, 2.05) is 0 Å². The van der Waals surface area contributed by atoms with Gasteiger partial charge in [-0.2, -0.15) is 0 Å². The van der Waals surface area contributed by atoms with Crippen LogP contribution in [-0.4, -0.2) is 42.2 Å². The summed E-state index contributed by atoms with van der Waals surface area (Å²) >= 11 is 0. The molecule has 3 aromatic rings. The Morgan fingerprint density at radius 3 is 2.84 bits per heavy atom. The maximum Gasteiger partial charge on any atom is 0.255 e. The highest BCUT2D eigenvalue weighted by atomic mass is 19.1. The summed E-state index contributed by atoms with van der Waals surface area (Å²) < 4.78 is 39.8. The number of nitrogens with one attached hydrogen (secondary N) is 3. The summed E-state index contributed by atoms with van der Waals surface area (Å²) in [6.07, 6.45) is 4.42. The first-order valence-electron chi connectivity index (χ1n) is 10.4. The summed E-state index contributed by atoms with van der Waals surface area (Å²) in [6, 6.07) is 5.97. The number of H-pyrrole nitrogens is 1. The number of nitrogens with zero attached hydrogens (tertiary/aromatic N) is 1. The smallest absolute Gasteiger partial charge is 0.255 e. The van der Waals surface area contributed by atoms with Crippen LogP contribution < -0.4 is 15.4 Å². The average Bonchev–Trinajstić information content (AvgIpc) is 3.12. The predicted molar refractivity (Wildman–Crippen MR) is 114 cm³/mol. The van der Waals surface area contributed by atoms with Gasteiger partial charge in [-0.3, -0.25) is 9.78 Å². The van der Waals surface area contributed by atoms with Gasteiger partial charge in [0.25, 0.3) is 5.91 Å². The number of carbonyl (C=O) groups is 1. The highest BCUT2D eigenvalue weighted by Gasteiger charge is 2.36. The molecule has 4 heterocycles. The van der Waals surface area contributed by atoms with Crippen molar-refractivity contribution in [2.45, 2.75) is 24.9 Å². The van der Waals surface area contributed by atoms with Gasteiger partial charge in [-0.1, -0.05) is 6.07 Å². The molecule has 2 atom stereocenters. The van der Waals surface area contributed by atoms with Crippen LogP contribution in [0.15, 0.2) is 36.7 Å². The molecule has 0 radical (unpaired) electrons. The Balaban J connectivity index is 1.66. The number of anilines is 2. The number of aromatic amines is 1. The minimum atomic E-state index is -0.553. The third-order valence-corrected chi connectivity index (χ3v) is 5.99. The van der Waals surface area contributed by atoms with Crippen LogP contribution in [0.3, 0.4) is 0 Å². The van der Waals surface area contributed by atoms with Gasteiger partial charge in [0.05, 0.1) is 42.0 Å². The van der Waals surface area contributed by atoms with Gasteiger partial charge in [0.1, 0.15) is 0 Å². The predicted octanol–water partition coefficient (Wildman–Crippen LogP) is 4.11. The number of rotatable bonds is 6. The van der Waals surface area contributed by atoms with Crippen molar-refractivity contribution in [3.63, 3.8) is 0 Å². The second kappa shape index (κ2) is 8.23. The molecule has 1 saturated heterocycles. The Morgan fingerprint density at radius 1 is 1.28 bits per heavy atom. The Morgan fingerprint density at radius 2 is 2.12 bits per heavy atom. The summed E-state index contributed by atoms with van der Waals surface area (Å²) in [7, 11) is 1.36. The van der Waals surface area contributed by atoms with Crippen molar-refractivity contribution in [3.8, 4) is 17.0 Å². The van der Waals surface area contributed by atoms with Crippen molar-refractivity contribution in [1.29, 1.82) is 0 Å². The molecule has 0 aliphatic carbocycles. The van der Waals surface area contributed by atoms with Gasteiger partial charge in [-0.05, 0) is 31.0 Å². The van der Waals surface area contributed by atoms with E-state index in [1.165, 1.54) is 31.5 Å². The van der Waals surface area contributed by atoms with E-state index in [4.69, 9.17) is 9.47 Å². The molecule has 0 spiro atoms. The SMILES string of the molecule is COc1c(F)cccc1Nc1c(-c2ccncc2F)[nH]c2c1C(=O)NC[C@H]2C[C@H]1CCO1. The molecule has 1 aromatic carbocycles. The Hall–Kier alpha value is -3.46. The molecule has 2 aliphatic rings. The van der Waals surface area contributed by atoms with E-state index >= 15 is 0 Å². The van der Waals surface area contributed by atoms with E-state index in [9.17, 15) is 13.6 Å². The molecule has 1 amide bonds. The van der Waals surface area contributed by atoms with E-state index in [2.05, 4.69) is 20.6 Å². The second-order valence-electron chi connectivity index (χ2n) is 7.89. The van der Waals surface area contributed by atoms with Crippen molar-refractivity contribution in [3.05, 3.63) is 59.6 Å². The fraction of sp³-hybridized carbons (Fsp3) is 0.304. The molecule has 9 heteroatoms. The minimum absolute atomic E-state index is 0.000707. The quantitative estimate of drug-likeness (QED) is 0.537. The molecule has 0 saturated carbocycles. The van der Waals surface area contributed by atoms with Gasteiger partial charge < -0.3 is 25.1 Å². The van der Waals surface area contributed by atoms with Crippen LogP contribution in [0.2, 0.25) is 0 Å². The number of aromatic nitrogens is 2.